The van der Waals surface area contributed by atoms with E-state index in [-0.39, 0.29) is 18.0 Å². The molecule has 1 heterocycles. The first-order chi connectivity index (χ1) is 8.06. The molecule has 1 unspecified atom stereocenters. The zero-order valence-corrected chi connectivity index (χ0v) is 9.21. The van der Waals surface area contributed by atoms with Gasteiger partial charge in [0.2, 0.25) is 11.8 Å². The summed E-state index contributed by atoms with van der Waals surface area (Å²) >= 11 is 0. The standard InChI is InChI=1S/C10H13N3O4/c1-17-10-6(3-2-4-12-10)9(16)13-5-7(14)8(11)15/h2-4,7,14H,5H2,1H3,(H2,11,15)(H,13,16). The lowest BCUT2D eigenvalue weighted by atomic mass is 10.2. The van der Waals surface area contributed by atoms with E-state index in [1.807, 2.05) is 0 Å². The first kappa shape index (κ1) is 12.9. The summed E-state index contributed by atoms with van der Waals surface area (Å²) in [5, 5.41) is 11.5. The molecule has 0 bridgehead atoms. The number of aliphatic hydroxyl groups excluding tert-OH is 1. The number of pyridine rings is 1. The van der Waals surface area contributed by atoms with Crippen LogP contribution in [-0.2, 0) is 4.79 Å². The summed E-state index contributed by atoms with van der Waals surface area (Å²) < 4.78 is 4.89. The second-order valence-corrected chi connectivity index (χ2v) is 3.19. The first-order valence-electron chi connectivity index (χ1n) is 4.81. The highest BCUT2D eigenvalue weighted by Crippen LogP contribution is 2.12. The lowest BCUT2D eigenvalue weighted by molar-refractivity contribution is -0.125. The van der Waals surface area contributed by atoms with E-state index in [4.69, 9.17) is 15.6 Å². The van der Waals surface area contributed by atoms with Crippen molar-refractivity contribution in [1.82, 2.24) is 10.3 Å². The second-order valence-electron chi connectivity index (χ2n) is 3.19. The average Bonchev–Trinajstić information content (AvgIpc) is 2.35. The number of nitrogens with two attached hydrogens (primary N) is 1. The zero-order chi connectivity index (χ0) is 12.8. The molecule has 0 aliphatic heterocycles. The molecule has 7 nitrogen and oxygen atoms in total. The number of primary amides is 1. The fourth-order valence-electron chi connectivity index (χ4n) is 1.11. The van der Waals surface area contributed by atoms with Crippen LogP contribution in [0.25, 0.3) is 0 Å². The van der Waals surface area contributed by atoms with Crippen molar-refractivity contribution in [3.8, 4) is 5.88 Å². The van der Waals surface area contributed by atoms with Crippen molar-refractivity contribution >= 4 is 11.8 Å². The Bertz CT molecular complexity index is 422. The van der Waals surface area contributed by atoms with Crippen LogP contribution in [0.2, 0.25) is 0 Å². The van der Waals surface area contributed by atoms with Gasteiger partial charge in [-0.3, -0.25) is 9.59 Å². The number of ether oxygens (including phenoxy) is 1. The molecule has 0 aliphatic carbocycles. The van der Waals surface area contributed by atoms with Gasteiger partial charge in [-0.2, -0.15) is 0 Å². The quantitative estimate of drug-likeness (QED) is 0.588. The average molecular weight is 239 g/mol. The Balaban J connectivity index is 2.67. The summed E-state index contributed by atoms with van der Waals surface area (Å²) in [5.41, 5.74) is 5.05. The van der Waals surface area contributed by atoms with Crippen molar-refractivity contribution in [2.24, 2.45) is 5.73 Å². The third-order valence-corrected chi connectivity index (χ3v) is 1.99. The van der Waals surface area contributed by atoms with Crippen LogP contribution in [0, 0.1) is 0 Å². The summed E-state index contributed by atoms with van der Waals surface area (Å²) in [7, 11) is 1.39. The van der Waals surface area contributed by atoms with Crippen molar-refractivity contribution < 1.29 is 19.4 Å². The van der Waals surface area contributed by atoms with E-state index in [0.29, 0.717) is 0 Å². The van der Waals surface area contributed by atoms with Gasteiger partial charge in [0.15, 0.2) is 0 Å². The summed E-state index contributed by atoms with van der Waals surface area (Å²) in [6, 6.07) is 3.08. The van der Waals surface area contributed by atoms with Crippen LogP contribution < -0.4 is 15.8 Å². The van der Waals surface area contributed by atoms with Gasteiger partial charge < -0.3 is 20.9 Å². The minimum absolute atomic E-state index is 0.165. The van der Waals surface area contributed by atoms with E-state index in [2.05, 4.69) is 10.3 Å². The molecule has 1 atom stereocenters. The van der Waals surface area contributed by atoms with Crippen molar-refractivity contribution in [3.05, 3.63) is 23.9 Å². The lowest BCUT2D eigenvalue weighted by Crippen LogP contribution is -2.40. The van der Waals surface area contributed by atoms with Gasteiger partial charge in [-0.05, 0) is 12.1 Å². The van der Waals surface area contributed by atoms with Crippen molar-refractivity contribution in [3.63, 3.8) is 0 Å². The monoisotopic (exact) mass is 239 g/mol. The van der Waals surface area contributed by atoms with Gasteiger partial charge in [0.1, 0.15) is 11.7 Å². The molecule has 0 aromatic carbocycles. The first-order valence-corrected chi connectivity index (χ1v) is 4.81. The molecule has 4 N–H and O–H groups in total. The van der Waals surface area contributed by atoms with Crippen LogP contribution in [0.5, 0.6) is 5.88 Å². The highest BCUT2D eigenvalue weighted by atomic mass is 16.5. The largest absolute Gasteiger partial charge is 0.480 e. The molecule has 0 saturated heterocycles. The number of nitrogens with one attached hydrogen (secondary N) is 1. The predicted octanol–water partition coefficient (Wildman–Crippen LogP) is -1.33. The third-order valence-electron chi connectivity index (χ3n) is 1.99. The van der Waals surface area contributed by atoms with Gasteiger partial charge in [0, 0.05) is 6.20 Å². The molecule has 2 amide bonds. The van der Waals surface area contributed by atoms with Crippen LogP contribution in [0.1, 0.15) is 10.4 Å². The van der Waals surface area contributed by atoms with Gasteiger partial charge in [-0.25, -0.2) is 4.98 Å². The maximum Gasteiger partial charge on any atom is 0.256 e. The van der Waals surface area contributed by atoms with Gasteiger partial charge in [-0.1, -0.05) is 0 Å². The van der Waals surface area contributed by atoms with Gasteiger partial charge in [-0.15, -0.1) is 0 Å². The number of carbonyl (C=O) groups is 2. The van der Waals surface area contributed by atoms with Gasteiger partial charge >= 0.3 is 0 Å². The van der Waals surface area contributed by atoms with E-state index >= 15 is 0 Å². The molecule has 1 aromatic heterocycles. The molecular formula is C10H13N3O4. The third kappa shape index (κ3) is 3.42. The van der Waals surface area contributed by atoms with E-state index < -0.39 is 17.9 Å². The highest BCUT2D eigenvalue weighted by Gasteiger charge is 2.16. The molecule has 1 aromatic rings. The smallest absolute Gasteiger partial charge is 0.256 e. The number of rotatable bonds is 5. The van der Waals surface area contributed by atoms with Crippen LogP contribution in [0.3, 0.4) is 0 Å². The fourth-order valence-corrected chi connectivity index (χ4v) is 1.11. The van der Waals surface area contributed by atoms with Crippen LogP contribution in [0.4, 0.5) is 0 Å². The molecule has 17 heavy (non-hydrogen) atoms. The Labute approximate surface area is 97.6 Å². The van der Waals surface area contributed by atoms with Crippen LogP contribution in [0.15, 0.2) is 18.3 Å². The molecule has 0 fully saturated rings. The number of methoxy groups -OCH3 is 1. The predicted molar refractivity (Wildman–Crippen MR) is 58.3 cm³/mol. The molecule has 0 aliphatic rings. The van der Waals surface area contributed by atoms with Gasteiger partial charge in [0.05, 0.1) is 13.7 Å². The van der Waals surface area contributed by atoms with E-state index in [1.165, 1.54) is 19.4 Å². The topological polar surface area (TPSA) is 115 Å². The van der Waals surface area contributed by atoms with Crippen LogP contribution in [-0.4, -0.2) is 41.7 Å². The van der Waals surface area contributed by atoms with Crippen molar-refractivity contribution in [1.29, 1.82) is 0 Å². The number of aromatic nitrogens is 1. The molecule has 7 heteroatoms. The molecule has 92 valence electrons. The zero-order valence-electron chi connectivity index (χ0n) is 9.21. The summed E-state index contributed by atoms with van der Waals surface area (Å²) in [4.78, 5) is 26.1. The molecular weight excluding hydrogens is 226 g/mol. The molecule has 0 spiro atoms. The number of amides is 2. The van der Waals surface area contributed by atoms with Crippen molar-refractivity contribution in [2.45, 2.75) is 6.10 Å². The maximum absolute atomic E-state index is 11.7. The number of aliphatic hydroxyl groups is 1. The fraction of sp³-hybridized carbons (Fsp3) is 0.300. The van der Waals surface area contributed by atoms with Crippen LogP contribution >= 0.6 is 0 Å². The second kappa shape index (κ2) is 5.80. The summed E-state index contributed by atoms with van der Waals surface area (Å²) in [6.07, 6.45) is 0.0649. The number of carbonyl (C=O) groups excluding carboxylic acids is 2. The Morgan fingerprint density at radius 2 is 2.35 bits per heavy atom. The highest BCUT2D eigenvalue weighted by molar-refractivity contribution is 5.96. The normalized spacial score (nSPS) is 11.6. The van der Waals surface area contributed by atoms with E-state index in [9.17, 15) is 9.59 Å². The minimum atomic E-state index is -1.42. The Morgan fingerprint density at radius 3 is 2.94 bits per heavy atom. The maximum atomic E-state index is 11.7. The number of hydrogen-bond acceptors (Lipinski definition) is 5. The minimum Gasteiger partial charge on any atom is -0.480 e. The SMILES string of the molecule is COc1ncccc1C(=O)NCC(O)C(N)=O. The van der Waals surface area contributed by atoms with Gasteiger partial charge in [0.25, 0.3) is 5.91 Å². The molecule has 0 radical (unpaired) electrons. The Hall–Kier alpha value is -2.15. The number of hydrogen-bond donors (Lipinski definition) is 3. The van der Waals surface area contributed by atoms with Crippen molar-refractivity contribution in [2.75, 3.05) is 13.7 Å². The van der Waals surface area contributed by atoms with E-state index in [1.54, 1.807) is 6.07 Å². The molecule has 1 rings (SSSR count). The number of nitrogens with zero attached hydrogens (tertiary/aromatic N) is 1. The summed E-state index contributed by atoms with van der Waals surface area (Å²) in [5.74, 6) is -1.24. The van der Waals surface area contributed by atoms with E-state index in [0.717, 1.165) is 0 Å². The summed E-state index contributed by atoms with van der Waals surface area (Å²) in [6.45, 7) is -0.258. The Kier molecular flexibility index (Phi) is 4.41. The molecule has 0 saturated carbocycles. The Morgan fingerprint density at radius 1 is 1.65 bits per heavy atom. The lowest BCUT2D eigenvalue weighted by Gasteiger charge is -2.10.